The van der Waals surface area contributed by atoms with E-state index in [4.69, 9.17) is 4.74 Å². The van der Waals surface area contributed by atoms with Gasteiger partial charge in [-0.2, -0.15) is 0 Å². The van der Waals surface area contributed by atoms with Crippen molar-refractivity contribution in [3.63, 3.8) is 0 Å². The van der Waals surface area contributed by atoms with Crippen LogP contribution in [-0.2, 0) is 14.3 Å². The third kappa shape index (κ3) is 53.3. The van der Waals surface area contributed by atoms with Gasteiger partial charge in [-0.1, -0.05) is 256 Å². The molecule has 3 N–H and O–H groups in total. The molecule has 0 aliphatic carbocycles. The SMILES string of the molecule is CCCCCC/C=C\C/C=C\CCCCCCCC(=O)OCCCCCCCCCCCCCC/C=C\CCCCCCCCCC(=O)NC(CO)C(O)CCCCCCCCCCCCC. The fraction of sp³-hybridized carbons (Fsp3) is 0.869. The third-order valence-corrected chi connectivity index (χ3v) is 13.7. The van der Waals surface area contributed by atoms with Crippen LogP contribution in [0.2, 0.25) is 0 Å². The summed E-state index contributed by atoms with van der Waals surface area (Å²) in [5.41, 5.74) is 0. The average molecular weight is 943 g/mol. The van der Waals surface area contributed by atoms with Crippen LogP contribution in [-0.4, -0.2) is 47.4 Å². The second-order valence-electron chi connectivity index (χ2n) is 20.3. The van der Waals surface area contributed by atoms with Gasteiger partial charge < -0.3 is 20.3 Å². The fourth-order valence-electron chi connectivity index (χ4n) is 9.08. The maximum Gasteiger partial charge on any atom is 0.305 e. The number of esters is 1. The van der Waals surface area contributed by atoms with Crippen LogP contribution in [0.3, 0.4) is 0 Å². The molecule has 6 heteroatoms. The van der Waals surface area contributed by atoms with Gasteiger partial charge in [0.05, 0.1) is 25.4 Å². The fourth-order valence-corrected chi connectivity index (χ4v) is 9.08. The summed E-state index contributed by atoms with van der Waals surface area (Å²) in [6.07, 6.45) is 70.0. The number of amides is 1. The Balaban J connectivity index is 3.40. The van der Waals surface area contributed by atoms with Gasteiger partial charge >= 0.3 is 5.97 Å². The molecule has 1 amide bonds. The van der Waals surface area contributed by atoms with Gasteiger partial charge in [-0.15, -0.1) is 0 Å². The number of ether oxygens (including phenoxy) is 1. The Hall–Kier alpha value is -1.92. The number of carbonyl (C=O) groups excluding carboxylic acids is 2. The zero-order valence-corrected chi connectivity index (χ0v) is 44.9. The lowest BCUT2D eigenvalue weighted by molar-refractivity contribution is -0.143. The summed E-state index contributed by atoms with van der Waals surface area (Å²) in [6, 6.07) is -0.545. The first-order valence-corrected chi connectivity index (χ1v) is 29.7. The summed E-state index contributed by atoms with van der Waals surface area (Å²) >= 11 is 0. The number of aliphatic hydroxyl groups is 2. The number of nitrogens with one attached hydrogen (secondary N) is 1. The van der Waals surface area contributed by atoms with Crippen LogP contribution in [0.4, 0.5) is 0 Å². The van der Waals surface area contributed by atoms with Crippen molar-refractivity contribution in [1.29, 1.82) is 0 Å². The number of aliphatic hydroxyl groups excluding tert-OH is 2. The summed E-state index contributed by atoms with van der Waals surface area (Å²) in [4.78, 5) is 24.5. The number of carbonyl (C=O) groups is 2. The Morgan fingerprint density at radius 1 is 0.418 bits per heavy atom. The zero-order valence-electron chi connectivity index (χ0n) is 44.9. The van der Waals surface area contributed by atoms with Crippen molar-refractivity contribution in [3.05, 3.63) is 36.5 Å². The van der Waals surface area contributed by atoms with Gasteiger partial charge in [0.2, 0.25) is 5.91 Å². The Morgan fingerprint density at radius 3 is 1.16 bits per heavy atom. The van der Waals surface area contributed by atoms with E-state index in [0.717, 1.165) is 51.4 Å². The van der Waals surface area contributed by atoms with Crippen molar-refractivity contribution in [2.75, 3.05) is 13.2 Å². The summed E-state index contributed by atoms with van der Waals surface area (Å²) in [5, 5.41) is 23.2. The van der Waals surface area contributed by atoms with E-state index in [9.17, 15) is 19.8 Å². The Bertz CT molecular complexity index is 1090. The number of hydrogen-bond acceptors (Lipinski definition) is 5. The molecule has 0 spiro atoms. The van der Waals surface area contributed by atoms with Gasteiger partial charge in [-0.05, 0) is 83.5 Å². The second kappa shape index (κ2) is 56.7. The minimum Gasteiger partial charge on any atom is -0.466 e. The molecule has 0 heterocycles. The smallest absolute Gasteiger partial charge is 0.305 e. The maximum atomic E-state index is 12.4. The van der Waals surface area contributed by atoms with E-state index in [1.807, 2.05) is 0 Å². The van der Waals surface area contributed by atoms with Crippen molar-refractivity contribution in [2.24, 2.45) is 0 Å². The standard InChI is InChI=1S/C61H115NO5/c1-3-5-7-9-11-13-15-16-17-28-31-35-39-43-47-51-55-61(66)67-56-52-48-44-40-36-32-29-26-24-22-20-18-19-21-23-25-27-30-34-38-42-46-50-54-60(65)62-58(57-63)59(64)53-49-45-41-37-33-14-12-10-8-6-4-2/h13,15,17,21,23,28,58-59,63-64H,3-12,14,16,18-20,22,24-27,29-57H2,1-2H3,(H,62,65)/b15-13-,23-21-,28-17-. The normalized spacial score (nSPS) is 12.8. The summed E-state index contributed by atoms with van der Waals surface area (Å²) in [6.45, 7) is 4.92. The first-order valence-electron chi connectivity index (χ1n) is 29.7. The number of hydrogen-bond donors (Lipinski definition) is 3. The van der Waals surface area contributed by atoms with E-state index in [2.05, 4.69) is 55.6 Å². The van der Waals surface area contributed by atoms with E-state index in [0.29, 0.717) is 25.9 Å². The Kier molecular flexibility index (Phi) is 55.0. The average Bonchev–Trinajstić information content (AvgIpc) is 3.33. The lowest BCUT2D eigenvalue weighted by atomic mass is 10.0. The lowest BCUT2D eigenvalue weighted by Gasteiger charge is -2.22. The highest BCUT2D eigenvalue weighted by Gasteiger charge is 2.20. The summed E-state index contributed by atoms with van der Waals surface area (Å²) in [7, 11) is 0. The molecule has 67 heavy (non-hydrogen) atoms. The van der Waals surface area contributed by atoms with E-state index in [-0.39, 0.29) is 18.5 Å². The predicted octanol–water partition coefficient (Wildman–Crippen LogP) is 18.4. The van der Waals surface area contributed by atoms with Crippen molar-refractivity contribution in [3.8, 4) is 0 Å². The monoisotopic (exact) mass is 942 g/mol. The molecule has 6 nitrogen and oxygen atoms in total. The van der Waals surface area contributed by atoms with Crippen molar-refractivity contribution >= 4 is 11.9 Å². The highest BCUT2D eigenvalue weighted by Crippen LogP contribution is 2.17. The summed E-state index contributed by atoms with van der Waals surface area (Å²) < 4.78 is 5.48. The molecular formula is C61H115NO5. The van der Waals surface area contributed by atoms with Gasteiger partial charge in [0.1, 0.15) is 0 Å². The molecule has 0 radical (unpaired) electrons. The molecule has 0 bridgehead atoms. The van der Waals surface area contributed by atoms with Crippen LogP contribution in [0.25, 0.3) is 0 Å². The molecule has 394 valence electrons. The van der Waals surface area contributed by atoms with Crippen LogP contribution in [0, 0.1) is 0 Å². The highest BCUT2D eigenvalue weighted by molar-refractivity contribution is 5.76. The van der Waals surface area contributed by atoms with Crippen LogP contribution < -0.4 is 5.32 Å². The first kappa shape index (κ1) is 65.1. The Morgan fingerprint density at radius 2 is 0.746 bits per heavy atom. The molecule has 0 aliphatic rings. The van der Waals surface area contributed by atoms with Gasteiger partial charge in [0, 0.05) is 12.8 Å². The van der Waals surface area contributed by atoms with Crippen LogP contribution in [0.15, 0.2) is 36.5 Å². The molecular weight excluding hydrogens is 827 g/mol. The Labute approximate surface area is 417 Å². The summed E-state index contributed by atoms with van der Waals surface area (Å²) in [5.74, 6) is -0.0445. The zero-order chi connectivity index (χ0) is 48.6. The quantitative estimate of drug-likeness (QED) is 0.0321. The lowest BCUT2D eigenvalue weighted by Crippen LogP contribution is -2.45. The van der Waals surface area contributed by atoms with E-state index < -0.39 is 12.1 Å². The first-order chi connectivity index (χ1) is 33.0. The molecule has 2 atom stereocenters. The minimum absolute atomic E-state index is 0.00217. The third-order valence-electron chi connectivity index (χ3n) is 13.7. The largest absolute Gasteiger partial charge is 0.466 e. The molecule has 0 aromatic carbocycles. The molecule has 0 fully saturated rings. The van der Waals surface area contributed by atoms with E-state index in [1.165, 1.54) is 231 Å². The van der Waals surface area contributed by atoms with Crippen molar-refractivity contribution in [1.82, 2.24) is 5.32 Å². The predicted molar refractivity (Wildman–Crippen MR) is 292 cm³/mol. The number of rotatable bonds is 55. The molecule has 0 aromatic rings. The topological polar surface area (TPSA) is 95.9 Å². The molecule has 0 rings (SSSR count). The molecule has 0 aromatic heterocycles. The molecule has 0 saturated carbocycles. The van der Waals surface area contributed by atoms with Crippen molar-refractivity contribution in [2.45, 2.75) is 328 Å². The van der Waals surface area contributed by atoms with E-state index >= 15 is 0 Å². The van der Waals surface area contributed by atoms with Gasteiger partial charge in [0.15, 0.2) is 0 Å². The van der Waals surface area contributed by atoms with Gasteiger partial charge in [0.25, 0.3) is 0 Å². The highest BCUT2D eigenvalue weighted by atomic mass is 16.5. The molecule has 0 aliphatic heterocycles. The number of allylic oxidation sites excluding steroid dienone is 6. The second-order valence-corrected chi connectivity index (χ2v) is 20.3. The van der Waals surface area contributed by atoms with Crippen molar-refractivity contribution < 1.29 is 24.5 Å². The minimum atomic E-state index is -0.667. The number of unbranched alkanes of at least 4 members (excludes halogenated alkanes) is 38. The molecule has 2 unspecified atom stereocenters. The van der Waals surface area contributed by atoms with Crippen LogP contribution >= 0.6 is 0 Å². The van der Waals surface area contributed by atoms with Gasteiger partial charge in [-0.25, -0.2) is 0 Å². The van der Waals surface area contributed by atoms with Crippen LogP contribution in [0.1, 0.15) is 316 Å². The van der Waals surface area contributed by atoms with Crippen LogP contribution in [0.5, 0.6) is 0 Å². The van der Waals surface area contributed by atoms with E-state index in [1.54, 1.807) is 0 Å². The van der Waals surface area contributed by atoms with Gasteiger partial charge in [-0.3, -0.25) is 9.59 Å². The maximum absolute atomic E-state index is 12.4. The molecule has 0 saturated heterocycles.